The van der Waals surface area contributed by atoms with Gasteiger partial charge in [0.15, 0.2) is 0 Å². The Morgan fingerprint density at radius 2 is 2.10 bits per heavy atom. The molecule has 0 bridgehead atoms. The van der Waals surface area contributed by atoms with Crippen LogP contribution in [0.25, 0.3) is 0 Å². The summed E-state index contributed by atoms with van der Waals surface area (Å²) in [6.45, 7) is 2.55. The third kappa shape index (κ3) is 3.41. The van der Waals surface area contributed by atoms with Gasteiger partial charge in [-0.2, -0.15) is 0 Å². The quantitative estimate of drug-likeness (QED) is 0.843. The minimum atomic E-state index is -0.932. The fraction of sp³-hybridized carbons (Fsp3) is 0.647. The van der Waals surface area contributed by atoms with Crippen LogP contribution in [0.3, 0.4) is 0 Å². The second-order valence-corrected chi connectivity index (χ2v) is 6.74. The lowest BCUT2D eigenvalue weighted by Crippen LogP contribution is -2.40. The van der Waals surface area contributed by atoms with Gasteiger partial charge in [-0.1, -0.05) is 37.4 Å². The number of hydrogen-bond donors (Lipinski definition) is 2. The van der Waals surface area contributed by atoms with E-state index >= 15 is 0 Å². The van der Waals surface area contributed by atoms with Crippen molar-refractivity contribution < 1.29 is 9.50 Å². The van der Waals surface area contributed by atoms with Crippen molar-refractivity contribution in [1.29, 1.82) is 0 Å². The monoisotopic (exact) mass is 313 g/mol. The zero-order valence-electron chi connectivity index (χ0n) is 12.6. The molecule has 4 heteroatoms. The van der Waals surface area contributed by atoms with E-state index in [-0.39, 0.29) is 10.6 Å². The highest BCUT2D eigenvalue weighted by Crippen LogP contribution is 2.49. The smallest absolute Gasteiger partial charge is 0.130 e. The van der Waals surface area contributed by atoms with Crippen LogP contribution in [-0.2, 0) is 0 Å². The average Bonchev–Trinajstić information content (AvgIpc) is 2.48. The lowest BCUT2D eigenvalue weighted by atomic mass is 9.65. The van der Waals surface area contributed by atoms with Crippen molar-refractivity contribution in [3.05, 3.63) is 34.6 Å². The Kier molecular flexibility index (Phi) is 5.64. The predicted molar refractivity (Wildman–Crippen MR) is 84.7 cm³/mol. The van der Waals surface area contributed by atoms with Crippen LogP contribution in [0.1, 0.15) is 57.1 Å². The normalized spacial score (nSPS) is 27.6. The van der Waals surface area contributed by atoms with Gasteiger partial charge in [-0.25, -0.2) is 4.39 Å². The molecule has 3 N–H and O–H groups in total. The molecule has 0 aromatic heterocycles. The second kappa shape index (κ2) is 7.08. The molecule has 1 aliphatic carbocycles. The van der Waals surface area contributed by atoms with Gasteiger partial charge in [0.1, 0.15) is 5.82 Å². The third-order valence-electron chi connectivity index (χ3n) is 5.06. The van der Waals surface area contributed by atoms with Crippen LogP contribution >= 0.6 is 11.6 Å². The fourth-order valence-corrected chi connectivity index (χ4v) is 3.88. The summed E-state index contributed by atoms with van der Waals surface area (Å²) in [6.07, 6.45) is 5.24. The highest BCUT2D eigenvalue weighted by Gasteiger charge is 2.42. The van der Waals surface area contributed by atoms with Gasteiger partial charge in [0.05, 0.1) is 6.10 Å². The van der Waals surface area contributed by atoms with E-state index in [1.165, 1.54) is 18.9 Å². The maximum absolute atomic E-state index is 14.1. The summed E-state index contributed by atoms with van der Waals surface area (Å²) < 4.78 is 14.1. The van der Waals surface area contributed by atoms with E-state index < -0.39 is 17.3 Å². The first-order chi connectivity index (χ1) is 10.0. The third-order valence-corrected chi connectivity index (χ3v) is 5.39. The Bertz CT molecular complexity index is 452. The fourth-order valence-electron chi connectivity index (χ4n) is 3.62. The molecule has 0 saturated heterocycles. The number of halogens is 2. The summed E-state index contributed by atoms with van der Waals surface area (Å²) >= 11 is 6.10. The maximum atomic E-state index is 14.1. The van der Waals surface area contributed by atoms with Crippen LogP contribution in [0.2, 0.25) is 5.02 Å². The Labute approximate surface area is 131 Å². The van der Waals surface area contributed by atoms with Crippen molar-refractivity contribution in [2.45, 2.75) is 51.6 Å². The molecule has 0 radical (unpaired) electrons. The predicted octanol–water partition coefficient (Wildman–Crippen LogP) is 4.45. The molecule has 2 nitrogen and oxygen atoms in total. The molecule has 118 valence electrons. The van der Waals surface area contributed by atoms with E-state index in [9.17, 15) is 9.50 Å². The summed E-state index contributed by atoms with van der Waals surface area (Å²) in [5.74, 6) is 0.261. The maximum Gasteiger partial charge on any atom is 0.130 e. The van der Waals surface area contributed by atoms with Crippen LogP contribution in [0.4, 0.5) is 4.39 Å². The van der Waals surface area contributed by atoms with Crippen molar-refractivity contribution >= 4 is 11.6 Å². The van der Waals surface area contributed by atoms with Gasteiger partial charge < -0.3 is 10.8 Å². The van der Waals surface area contributed by atoms with Gasteiger partial charge in [-0.15, -0.1) is 0 Å². The van der Waals surface area contributed by atoms with Gasteiger partial charge in [0, 0.05) is 22.5 Å². The molecule has 1 saturated carbocycles. The standard InChI is InChI=1S/C17H25ClFNO/c1-2-4-12-7-9-17(11-20,10-8-12)16(21)15-13(18)5-3-6-14(15)19/h3,5-6,12,16,21H,2,4,7-11,20H2,1H3. The first-order valence-corrected chi connectivity index (χ1v) is 8.24. The zero-order chi connectivity index (χ0) is 15.5. The Morgan fingerprint density at radius 3 is 2.62 bits per heavy atom. The van der Waals surface area contributed by atoms with Crippen molar-refractivity contribution in [3.8, 4) is 0 Å². The van der Waals surface area contributed by atoms with E-state index in [1.54, 1.807) is 12.1 Å². The molecule has 1 atom stereocenters. The molecule has 1 fully saturated rings. The topological polar surface area (TPSA) is 46.2 Å². The van der Waals surface area contributed by atoms with Crippen molar-refractivity contribution in [2.75, 3.05) is 6.54 Å². The van der Waals surface area contributed by atoms with Crippen LogP contribution in [0.15, 0.2) is 18.2 Å². The van der Waals surface area contributed by atoms with Crippen molar-refractivity contribution in [1.82, 2.24) is 0 Å². The van der Waals surface area contributed by atoms with E-state index in [0.29, 0.717) is 12.5 Å². The number of benzene rings is 1. The molecular formula is C17H25ClFNO. The molecule has 1 unspecified atom stereocenters. The first-order valence-electron chi connectivity index (χ1n) is 7.86. The molecule has 0 spiro atoms. The van der Waals surface area contributed by atoms with Crippen LogP contribution in [0.5, 0.6) is 0 Å². The van der Waals surface area contributed by atoms with Gasteiger partial charge >= 0.3 is 0 Å². The summed E-state index contributed by atoms with van der Waals surface area (Å²) in [6, 6.07) is 4.52. The largest absolute Gasteiger partial charge is 0.388 e. The van der Waals surface area contributed by atoms with Crippen LogP contribution in [0, 0.1) is 17.2 Å². The molecule has 0 heterocycles. The summed E-state index contributed by atoms with van der Waals surface area (Å²) in [7, 11) is 0. The highest BCUT2D eigenvalue weighted by molar-refractivity contribution is 6.31. The number of aliphatic hydroxyl groups excluding tert-OH is 1. The summed E-state index contributed by atoms with van der Waals surface area (Å²) in [5, 5.41) is 11.1. The second-order valence-electron chi connectivity index (χ2n) is 6.34. The Morgan fingerprint density at radius 1 is 1.43 bits per heavy atom. The number of nitrogens with two attached hydrogens (primary N) is 1. The zero-order valence-corrected chi connectivity index (χ0v) is 13.4. The molecule has 1 aromatic carbocycles. The van der Waals surface area contributed by atoms with Gasteiger partial charge in [-0.3, -0.25) is 0 Å². The van der Waals surface area contributed by atoms with E-state index in [0.717, 1.165) is 25.7 Å². The number of aliphatic hydroxyl groups is 1. The summed E-state index contributed by atoms with van der Waals surface area (Å²) in [5.41, 5.74) is 5.73. The SMILES string of the molecule is CCCC1CCC(CN)(C(O)c2c(F)cccc2Cl)CC1. The van der Waals surface area contributed by atoms with E-state index in [1.807, 2.05) is 0 Å². The van der Waals surface area contributed by atoms with Crippen LogP contribution in [-0.4, -0.2) is 11.7 Å². The van der Waals surface area contributed by atoms with Crippen molar-refractivity contribution in [2.24, 2.45) is 17.1 Å². The van der Waals surface area contributed by atoms with Gasteiger partial charge in [0.2, 0.25) is 0 Å². The molecule has 1 aromatic rings. The molecular weight excluding hydrogens is 289 g/mol. The van der Waals surface area contributed by atoms with Gasteiger partial charge in [0.25, 0.3) is 0 Å². The van der Waals surface area contributed by atoms with Crippen molar-refractivity contribution in [3.63, 3.8) is 0 Å². The summed E-state index contributed by atoms with van der Waals surface area (Å²) in [4.78, 5) is 0. The van der Waals surface area contributed by atoms with Gasteiger partial charge in [-0.05, 0) is 43.7 Å². The van der Waals surface area contributed by atoms with E-state index in [4.69, 9.17) is 17.3 Å². The molecule has 21 heavy (non-hydrogen) atoms. The molecule has 2 rings (SSSR count). The first kappa shape index (κ1) is 16.7. The molecule has 0 aliphatic heterocycles. The number of rotatable bonds is 5. The lowest BCUT2D eigenvalue weighted by Gasteiger charge is -2.43. The Hall–Kier alpha value is -0.640. The molecule has 0 amide bonds. The lowest BCUT2D eigenvalue weighted by molar-refractivity contribution is -0.0127. The minimum Gasteiger partial charge on any atom is -0.388 e. The number of hydrogen-bond acceptors (Lipinski definition) is 2. The minimum absolute atomic E-state index is 0.207. The van der Waals surface area contributed by atoms with Crippen LogP contribution < -0.4 is 5.73 Å². The Balaban J connectivity index is 2.21. The van der Waals surface area contributed by atoms with E-state index in [2.05, 4.69) is 6.92 Å². The molecule has 1 aliphatic rings. The highest BCUT2D eigenvalue weighted by atomic mass is 35.5. The average molecular weight is 314 g/mol.